The summed E-state index contributed by atoms with van der Waals surface area (Å²) >= 11 is 0.714. The van der Waals surface area contributed by atoms with Crippen LogP contribution in [0.15, 0.2) is 41.9 Å². The number of carbonyl (C=O) groups excluding carboxylic acids is 1. The fourth-order valence-corrected chi connectivity index (χ4v) is 4.23. The number of amides is 1. The predicted octanol–water partition coefficient (Wildman–Crippen LogP) is 2.87. The summed E-state index contributed by atoms with van der Waals surface area (Å²) in [7, 11) is -3.25. The third kappa shape index (κ3) is 3.32. The van der Waals surface area contributed by atoms with E-state index in [1.807, 2.05) is 0 Å². The molecule has 1 fully saturated rings. The summed E-state index contributed by atoms with van der Waals surface area (Å²) in [5.74, 6) is -0.517. The van der Waals surface area contributed by atoms with Crippen LogP contribution in [0.2, 0.25) is 0 Å². The molecule has 0 radical (unpaired) electrons. The second-order valence-corrected chi connectivity index (χ2v) is 8.38. The van der Waals surface area contributed by atoms with Gasteiger partial charge in [-0.1, -0.05) is 30.0 Å². The van der Waals surface area contributed by atoms with Crippen LogP contribution in [0.3, 0.4) is 0 Å². The Bertz CT molecular complexity index is 868. The quantitative estimate of drug-likeness (QED) is 0.840. The van der Waals surface area contributed by atoms with Crippen LogP contribution in [0, 0.1) is 5.13 Å². The molecule has 0 saturated heterocycles. The number of aromatic nitrogens is 1. The molecule has 0 aliphatic heterocycles. The molecule has 1 aliphatic carbocycles. The molecular formula is C15H13FN2O3S2. The molecule has 3 rings (SSSR count). The summed E-state index contributed by atoms with van der Waals surface area (Å²) in [6, 6.07) is 6.04. The molecule has 2 aromatic rings. The molecule has 8 heteroatoms. The summed E-state index contributed by atoms with van der Waals surface area (Å²) in [4.78, 5) is 16.0. The number of nitrogens with one attached hydrogen (secondary N) is 1. The first-order valence-corrected chi connectivity index (χ1v) is 9.20. The van der Waals surface area contributed by atoms with E-state index in [4.69, 9.17) is 0 Å². The average molecular weight is 352 g/mol. The van der Waals surface area contributed by atoms with E-state index in [2.05, 4.69) is 16.9 Å². The number of carbonyl (C=O) groups is 1. The maximum Gasteiger partial charge on any atom is 0.257 e. The van der Waals surface area contributed by atoms with Gasteiger partial charge in [-0.2, -0.15) is 4.39 Å². The van der Waals surface area contributed by atoms with Gasteiger partial charge in [-0.05, 0) is 30.5 Å². The minimum absolute atomic E-state index is 0.140. The Labute approximate surface area is 136 Å². The van der Waals surface area contributed by atoms with Gasteiger partial charge < -0.3 is 0 Å². The monoisotopic (exact) mass is 352 g/mol. The lowest BCUT2D eigenvalue weighted by Gasteiger charge is -2.07. The van der Waals surface area contributed by atoms with Crippen molar-refractivity contribution in [2.24, 2.45) is 0 Å². The van der Waals surface area contributed by atoms with Crippen molar-refractivity contribution in [2.75, 3.05) is 5.32 Å². The first-order valence-electron chi connectivity index (χ1n) is 6.84. The van der Waals surface area contributed by atoms with Crippen molar-refractivity contribution >= 4 is 37.8 Å². The van der Waals surface area contributed by atoms with Crippen molar-refractivity contribution in [1.29, 1.82) is 0 Å². The van der Waals surface area contributed by atoms with Gasteiger partial charge in [-0.25, -0.2) is 13.4 Å². The molecule has 1 aromatic carbocycles. The van der Waals surface area contributed by atoms with Crippen LogP contribution in [0.4, 0.5) is 9.52 Å². The minimum Gasteiger partial charge on any atom is -0.298 e. The first kappa shape index (κ1) is 15.8. The van der Waals surface area contributed by atoms with Gasteiger partial charge in [-0.3, -0.25) is 10.1 Å². The molecule has 1 heterocycles. The van der Waals surface area contributed by atoms with Crippen LogP contribution in [-0.4, -0.2) is 24.6 Å². The number of anilines is 1. The van der Waals surface area contributed by atoms with Crippen LogP contribution in [0.25, 0.3) is 5.57 Å². The van der Waals surface area contributed by atoms with E-state index in [9.17, 15) is 17.6 Å². The van der Waals surface area contributed by atoms with Gasteiger partial charge in [0.1, 0.15) is 0 Å². The lowest BCUT2D eigenvalue weighted by atomic mass is 10.1. The number of hydrogen-bond donors (Lipinski definition) is 1. The Morgan fingerprint density at radius 1 is 1.30 bits per heavy atom. The summed E-state index contributed by atoms with van der Waals surface area (Å²) in [5.41, 5.74) is 0.644. The van der Waals surface area contributed by atoms with E-state index in [0.29, 0.717) is 29.7 Å². The number of rotatable bonds is 5. The average Bonchev–Trinajstić information content (AvgIpc) is 3.31. The van der Waals surface area contributed by atoms with Crippen molar-refractivity contribution < 1.29 is 17.6 Å². The number of benzene rings is 1. The Kier molecular flexibility index (Phi) is 4.03. The zero-order valence-electron chi connectivity index (χ0n) is 12.0. The molecule has 1 aromatic heterocycles. The van der Waals surface area contributed by atoms with Gasteiger partial charge in [0, 0.05) is 5.57 Å². The normalized spacial score (nSPS) is 14.5. The number of hydrogen-bond acceptors (Lipinski definition) is 5. The third-order valence-electron chi connectivity index (χ3n) is 3.47. The highest BCUT2D eigenvalue weighted by molar-refractivity contribution is 7.92. The van der Waals surface area contributed by atoms with Crippen LogP contribution in [0.5, 0.6) is 0 Å². The Morgan fingerprint density at radius 3 is 2.48 bits per heavy atom. The summed E-state index contributed by atoms with van der Waals surface area (Å²) in [6.07, 6.45) is 2.41. The lowest BCUT2D eigenvalue weighted by Crippen LogP contribution is -2.13. The van der Waals surface area contributed by atoms with Crippen molar-refractivity contribution in [1.82, 2.24) is 4.98 Å². The second-order valence-electron chi connectivity index (χ2n) is 5.17. The fourth-order valence-electron chi connectivity index (χ4n) is 2.03. The van der Waals surface area contributed by atoms with Gasteiger partial charge in [0.05, 0.1) is 16.3 Å². The van der Waals surface area contributed by atoms with E-state index < -0.39 is 20.9 Å². The summed E-state index contributed by atoms with van der Waals surface area (Å²) < 4.78 is 37.1. The molecule has 120 valence electrons. The van der Waals surface area contributed by atoms with Crippen LogP contribution in [-0.2, 0) is 14.6 Å². The Balaban J connectivity index is 1.73. The van der Waals surface area contributed by atoms with Gasteiger partial charge in [0.15, 0.2) is 20.1 Å². The zero-order valence-corrected chi connectivity index (χ0v) is 13.6. The minimum atomic E-state index is -3.25. The lowest BCUT2D eigenvalue weighted by molar-refractivity contribution is -0.111. The van der Waals surface area contributed by atoms with Crippen LogP contribution >= 0.6 is 11.3 Å². The van der Waals surface area contributed by atoms with Crippen molar-refractivity contribution in [3.05, 3.63) is 47.7 Å². The summed E-state index contributed by atoms with van der Waals surface area (Å²) in [6.45, 7) is 3.69. The van der Waals surface area contributed by atoms with Crippen LogP contribution in [0.1, 0.15) is 18.4 Å². The fraction of sp³-hybridized carbons (Fsp3) is 0.200. The van der Waals surface area contributed by atoms with E-state index >= 15 is 0 Å². The molecule has 1 saturated carbocycles. The van der Waals surface area contributed by atoms with Crippen LogP contribution < -0.4 is 5.32 Å². The number of nitrogens with zero attached hydrogens (tertiary/aromatic N) is 1. The van der Waals surface area contributed by atoms with Gasteiger partial charge in [0.25, 0.3) is 5.91 Å². The molecular weight excluding hydrogens is 339 g/mol. The smallest absolute Gasteiger partial charge is 0.257 e. The van der Waals surface area contributed by atoms with E-state index in [-0.39, 0.29) is 20.9 Å². The van der Waals surface area contributed by atoms with Crippen molar-refractivity contribution in [3.63, 3.8) is 0 Å². The van der Waals surface area contributed by atoms with E-state index in [1.165, 1.54) is 12.1 Å². The van der Waals surface area contributed by atoms with Crippen molar-refractivity contribution in [2.45, 2.75) is 23.0 Å². The highest BCUT2D eigenvalue weighted by Crippen LogP contribution is 2.33. The topological polar surface area (TPSA) is 76.1 Å². The van der Waals surface area contributed by atoms with E-state index in [1.54, 1.807) is 12.1 Å². The number of thiazole rings is 1. The SMILES string of the molecule is C=C(C(=O)Nc1ncc(F)s1)c1ccc(S(=O)(=O)C2CC2)cc1. The standard InChI is InChI=1S/C15H13FN2O3S2/c1-9(14(19)18-15-17-8-13(16)22-15)10-2-4-11(5-3-10)23(20,21)12-6-7-12/h2-5,8,12H,1,6-7H2,(H,17,18,19). The second kappa shape index (κ2) is 5.86. The van der Waals surface area contributed by atoms with Gasteiger partial charge in [0.2, 0.25) is 0 Å². The predicted molar refractivity (Wildman–Crippen MR) is 86.4 cm³/mol. The molecule has 23 heavy (non-hydrogen) atoms. The Morgan fingerprint density at radius 2 is 1.96 bits per heavy atom. The number of sulfone groups is 1. The molecule has 5 nitrogen and oxygen atoms in total. The molecule has 1 N–H and O–H groups in total. The maximum absolute atomic E-state index is 12.9. The molecule has 1 amide bonds. The highest BCUT2D eigenvalue weighted by atomic mass is 32.2. The Hall–Kier alpha value is -2.06. The van der Waals surface area contributed by atoms with E-state index in [0.717, 1.165) is 6.20 Å². The summed E-state index contributed by atoms with van der Waals surface area (Å²) in [5, 5.41) is 1.81. The number of halogens is 1. The largest absolute Gasteiger partial charge is 0.298 e. The van der Waals surface area contributed by atoms with Gasteiger partial charge in [-0.15, -0.1) is 0 Å². The maximum atomic E-state index is 12.9. The molecule has 0 unspecified atom stereocenters. The molecule has 0 atom stereocenters. The zero-order chi connectivity index (χ0) is 16.6. The molecule has 0 spiro atoms. The molecule has 1 aliphatic rings. The van der Waals surface area contributed by atoms with Crippen molar-refractivity contribution in [3.8, 4) is 0 Å². The first-order chi connectivity index (χ1) is 10.9. The highest BCUT2D eigenvalue weighted by Gasteiger charge is 2.36. The van der Waals surface area contributed by atoms with Gasteiger partial charge >= 0.3 is 0 Å². The third-order valence-corrected chi connectivity index (χ3v) is 6.45. The molecule has 0 bridgehead atoms.